The van der Waals surface area contributed by atoms with Crippen molar-refractivity contribution >= 4 is 5.90 Å². The van der Waals surface area contributed by atoms with Crippen LogP contribution in [0.3, 0.4) is 0 Å². The number of hydrogen-bond acceptors (Lipinski definition) is 3. The molecule has 0 atom stereocenters. The fourth-order valence-corrected chi connectivity index (χ4v) is 1.70. The van der Waals surface area contributed by atoms with Crippen molar-refractivity contribution in [3.63, 3.8) is 0 Å². The summed E-state index contributed by atoms with van der Waals surface area (Å²) in [5.41, 5.74) is 2.24. The molecule has 0 unspecified atom stereocenters. The van der Waals surface area contributed by atoms with Crippen molar-refractivity contribution in [2.75, 3.05) is 13.7 Å². The van der Waals surface area contributed by atoms with Gasteiger partial charge in [-0.2, -0.15) is 0 Å². The van der Waals surface area contributed by atoms with E-state index in [1.807, 2.05) is 7.05 Å². The Morgan fingerprint density at radius 3 is 2.50 bits per heavy atom. The van der Waals surface area contributed by atoms with Crippen molar-refractivity contribution in [3.05, 3.63) is 35.4 Å². The topological polar surface area (TPSA) is 33.6 Å². The Morgan fingerprint density at radius 1 is 1.31 bits per heavy atom. The molecular formula is C13H18N2O. The summed E-state index contributed by atoms with van der Waals surface area (Å²) in [6.07, 6.45) is 0. The molecule has 0 aromatic heterocycles. The maximum absolute atomic E-state index is 5.59. The van der Waals surface area contributed by atoms with Gasteiger partial charge >= 0.3 is 0 Å². The van der Waals surface area contributed by atoms with Crippen molar-refractivity contribution in [1.29, 1.82) is 0 Å². The Morgan fingerprint density at radius 2 is 2.00 bits per heavy atom. The number of hydrogen-bond donors (Lipinski definition) is 1. The van der Waals surface area contributed by atoms with Gasteiger partial charge in [0, 0.05) is 12.1 Å². The van der Waals surface area contributed by atoms with Gasteiger partial charge in [0.05, 0.1) is 5.54 Å². The van der Waals surface area contributed by atoms with Crippen molar-refractivity contribution in [2.45, 2.75) is 25.9 Å². The molecule has 86 valence electrons. The van der Waals surface area contributed by atoms with Gasteiger partial charge in [0.25, 0.3) is 0 Å². The number of nitrogens with zero attached hydrogens (tertiary/aromatic N) is 1. The predicted molar refractivity (Wildman–Crippen MR) is 65.8 cm³/mol. The zero-order valence-corrected chi connectivity index (χ0v) is 10.1. The minimum atomic E-state index is -0.0843. The summed E-state index contributed by atoms with van der Waals surface area (Å²) in [5, 5.41) is 3.12. The SMILES string of the molecule is CNCc1ccc(C2=NC(C)(C)CO2)cc1. The largest absolute Gasteiger partial charge is 0.475 e. The number of rotatable bonds is 3. The zero-order valence-electron chi connectivity index (χ0n) is 10.1. The van der Waals surface area contributed by atoms with Gasteiger partial charge in [-0.25, -0.2) is 4.99 Å². The summed E-state index contributed by atoms with van der Waals surface area (Å²) >= 11 is 0. The summed E-state index contributed by atoms with van der Waals surface area (Å²) in [6.45, 7) is 5.71. The molecule has 3 nitrogen and oxygen atoms in total. The van der Waals surface area contributed by atoms with Crippen LogP contribution in [0.5, 0.6) is 0 Å². The van der Waals surface area contributed by atoms with Crippen LogP contribution in [-0.4, -0.2) is 25.1 Å². The Hall–Kier alpha value is -1.35. The Labute approximate surface area is 96.5 Å². The fraction of sp³-hybridized carbons (Fsp3) is 0.462. The third-order valence-electron chi connectivity index (χ3n) is 2.55. The van der Waals surface area contributed by atoms with Gasteiger partial charge in [-0.05, 0) is 38.6 Å². The molecule has 16 heavy (non-hydrogen) atoms. The van der Waals surface area contributed by atoms with Crippen LogP contribution in [0.15, 0.2) is 29.3 Å². The van der Waals surface area contributed by atoms with E-state index in [0.717, 1.165) is 18.0 Å². The molecule has 3 heteroatoms. The Balaban J connectivity index is 2.17. The molecule has 1 N–H and O–H groups in total. The lowest BCUT2D eigenvalue weighted by Crippen LogP contribution is -2.17. The number of ether oxygens (including phenoxy) is 1. The van der Waals surface area contributed by atoms with E-state index in [-0.39, 0.29) is 5.54 Å². The van der Waals surface area contributed by atoms with Crippen LogP contribution in [-0.2, 0) is 11.3 Å². The van der Waals surface area contributed by atoms with Gasteiger partial charge in [0.15, 0.2) is 0 Å². The van der Waals surface area contributed by atoms with Crippen LogP contribution in [0.1, 0.15) is 25.0 Å². The Kier molecular flexibility index (Phi) is 2.97. The summed E-state index contributed by atoms with van der Waals surface area (Å²) in [4.78, 5) is 4.55. The van der Waals surface area contributed by atoms with Crippen molar-refractivity contribution in [2.24, 2.45) is 4.99 Å². The summed E-state index contributed by atoms with van der Waals surface area (Å²) in [7, 11) is 1.95. The van der Waals surface area contributed by atoms with Crippen LogP contribution in [0.2, 0.25) is 0 Å². The summed E-state index contributed by atoms with van der Waals surface area (Å²) in [6, 6.07) is 8.33. The van der Waals surface area contributed by atoms with E-state index in [1.165, 1.54) is 5.56 Å². The van der Waals surface area contributed by atoms with Gasteiger partial charge in [0.1, 0.15) is 6.61 Å². The highest BCUT2D eigenvalue weighted by Gasteiger charge is 2.26. The van der Waals surface area contributed by atoms with E-state index in [0.29, 0.717) is 6.61 Å². The van der Waals surface area contributed by atoms with Crippen molar-refractivity contribution in [1.82, 2.24) is 5.32 Å². The van der Waals surface area contributed by atoms with Crippen LogP contribution >= 0.6 is 0 Å². The van der Waals surface area contributed by atoms with Crippen molar-refractivity contribution in [3.8, 4) is 0 Å². The molecule has 1 aromatic rings. The molecule has 1 aromatic carbocycles. The molecule has 1 aliphatic rings. The van der Waals surface area contributed by atoms with Crippen LogP contribution < -0.4 is 5.32 Å². The zero-order chi connectivity index (χ0) is 11.6. The molecule has 0 fully saturated rings. The molecule has 1 heterocycles. The normalized spacial score (nSPS) is 18.1. The standard InChI is InChI=1S/C13H18N2O/c1-13(2)9-16-12(15-13)11-6-4-10(5-7-11)8-14-3/h4-7,14H,8-9H2,1-3H3. The molecule has 0 spiro atoms. The van der Waals surface area contributed by atoms with E-state index in [4.69, 9.17) is 4.74 Å². The first-order chi connectivity index (χ1) is 7.61. The van der Waals surface area contributed by atoms with E-state index in [1.54, 1.807) is 0 Å². The maximum Gasteiger partial charge on any atom is 0.216 e. The average Bonchev–Trinajstić information content (AvgIpc) is 2.61. The highest BCUT2D eigenvalue weighted by Crippen LogP contribution is 2.20. The van der Waals surface area contributed by atoms with Gasteiger partial charge < -0.3 is 10.1 Å². The second kappa shape index (κ2) is 4.26. The van der Waals surface area contributed by atoms with E-state index < -0.39 is 0 Å². The highest BCUT2D eigenvalue weighted by molar-refractivity contribution is 5.95. The molecular weight excluding hydrogens is 200 g/mol. The molecule has 0 bridgehead atoms. The van der Waals surface area contributed by atoms with Gasteiger partial charge in [-0.3, -0.25) is 0 Å². The third kappa shape index (κ3) is 2.42. The van der Waals surface area contributed by atoms with E-state index >= 15 is 0 Å². The predicted octanol–water partition coefficient (Wildman–Crippen LogP) is 1.96. The lowest BCUT2D eigenvalue weighted by molar-refractivity contribution is 0.279. The minimum Gasteiger partial charge on any atom is -0.475 e. The quantitative estimate of drug-likeness (QED) is 0.841. The number of aliphatic imine (C=N–C) groups is 1. The Bertz CT molecular complexity index is 393. The van der Waals surface area contributed by atoms with E-state index in [9.17, 15) is 0 Å². The highest BCUT2D eigenvalue weighted by atomic mass is 16.5. The van der Waals surface area contributed by atoms with Crippen LogP contribution in [0, 0.1) is 0 Å². The summed E-state index contributed by atoms with van der Waals surface area (Å²) < 4.78 is 5.59. The lowest BCUT2D eigenvalue weighted by atomic mass is 10.1. The first-order valence-corrected chi connectivity index (χ1v) is 5.57. The lowest BCUT2D eigenvalue weighted by Gasteiger charge is -2.07. The smallest absolute Gasteiger partial charge is 0.216 e. The average molecular weight is 218 g/mol. The monoisotopic (exact) mass is 218 g/mol. The fourth-order valence-electron chi connectivity index (χ4n) is 1.70. The molecule has 0 saturated carbocycles. The second-order valence-corrected chi connectivity index (χ2v) is 4.75. The number of benzene rings is 1. The van der Waals surface area contributed by atoms with E-state index in [2.05, 4.69) is 48.4 Å². The minimum absolute atomic E-state index is 0.0843. The molecule has 0 amide bonds. The molecule has 1 aliphatic heterocycles. The van der Waals surface area contributed by atoms with Gasteiger partial charge in [0.2, 0.25) is 5.90 Å². The van der Waals surface area contributed by atoms with Crippen LogP contribution in [0.4, 0.5) is 0 Å². The number of nitrogens with one attached hydrogen (secondary N) is 1. The molecule has 0 saturated heterocycles. The maximum atomic E-state index is 5.59. The van der Waals surface area contributed by atoms with Crippen molar-refractivity contribution < 1.29 is 4.74 Å². The molecule has 0 radical (unpaired) electrons. The first-order valence-electron chi connectivity index (χ1n) is 5.57. The molecule has 0 aliphatic carbocycles. The summed E-state index contributed by atoms with van der Waals surface area (Å²) in [5.74, 6) is 0.765. The van der Waals surface area contributed by atoms with Gasteiger partial charge in [-0.15, -0.1) is 0 Å². The first kappa shape index (κ1) is 11.1. The van der Waals surface area contributed by atoms with Gasteiger partial charge in [-0.1, -0.05) is 12.1 Å². The second-order valence-electron chi connectivity index (χ2n) is 4.75. The van der Waals surface area contributed by atoms with Crippen LogP contribution in [0.25, 0.3) is 0 Å². The third-order valence-corrected chi connectivity index (χ3v) is 2.55. The molecule has 2 rings (SSSR count).